The first-order valence-corrected chi connectivity index (χ1v) is 5.33. The minimum atomic E-state index is 0.391. The van der Waals surface area contributed by atoms with E-state index in [0.717, 1.165) is 10.2 Å². The Morgan fingerprint density at radius 2 is 2.27 bits per heavy atom. The molecule has 1 heterocycles. The molecule has 2 rings (SSSR count). The predicted octanol–water partition coefficient (Wildman–Crippen LogP) is 3.32. The maximum absolute atomic E-state index is 5.56. The van der Waals surface area contributed by atoms with Gasteiger partial charge in [0.05, 0.1) is 10.7 Å². The molecule has 4 heteroatoms. The van der Waals surface area contributed by atoms with Gasteiger partial charge in [-0.15, -0.1) is 0 Å². The van der Waals surface area contributed by atoms with E-state index in [2.05, 4.69) is 21.1 Å². The number of aryl methyl sites for hydroxylation is 1. The maximum Gasteiger partial charge on any atom is 0.174 e. The Hall–Kier alpha value is -1.29. The highest BCUT2D eigenvalue weighted by Crippen LogP contribution is 2.26. The molecule has 0 unspecified atom stereocenters. The highest BCUT2D eigenvalue weighted by Gasteiger charge is 2.03. The van der Waals surface area contributed by atoms with Gasteiger partial charge in [0.25, 0.3) is 0 Å². The Kier molecular flexibility index (Phi) is 3.06. The van der Waals surface area contributed by atoms with Crippen LogP contribution in [0.3, 0.4) is 0 Å². The van der Waals surface area contributed by atoms with Crippen LogP contribution in [0.25, 0.3) is 0 Å². The van der Waals surface area contributed by atoms with Crippen molar-refractivity contribution in [3.8, 4) is 5.75 Å². The van der Waals surface area contributed by atoms with Crippen molar-refractivity contribution >= 4 is 15.9 Å². The fraction of sp³-hybridized carbons (Fsp3) is 0.182. The first-order valence-electron chi connectivity index (χ1n) is 4.54. The van der Waals surface area contributed by atoms with E-state index in [4.69, 9.17) is 9.26 Å². The Bertz CT molecular complexity index is 440. The van der Waals surface area contributed by atoms with E-state index in [0.29, 0.717) is 12.4 Å². The largest absolute Gasteiger partial charge is 0.484 e. The highest BCUT2D eigenvalue weighted by atomic mass is 79.9. The molecule has 0 saturated heterocycles. The van der Waals surface area contributed by atoms with E-state index >= 15 is 0 Å². The van der Waals surface area contributed by atoms with Gasteiger partial charge in [-0.2, -0.15) is 0 Å². The first kappa shape index (κ1) is 10.2. The van der Waals surface area contributed by atoms with Gasteiger partial charge < -0.3 is 9.26 Å². The quantitative estimate of drug-likeness (QED) is 0.856. The van der Waals surface area contributed by atoms with Crippen molar-refractivity contribution in [1.29, 1.82) is 0 Å². The van der Waals surface area contributed by atoms with E-state index in [9.17, 15) is 0 Å². The molecule has 0 fully saturated rings. The second kappa shape index (κ2) is 4.49. The van der Waals surface area contributed by atoms with Gasteiger partial charge in [0.2, 0.25) is 0 Å². The van der Waals surface area contributed by atoms with Gasteiger partial charge in [-0.3, -0.25) is 0 Å². The molecule has 3 nitrogen and oxygen atoms in total. The normalized spacial score (nSPS) is 10.3. The molecule has 15 heavy (non-hydrogen) atoms. The van der Waals surface area contributed by atoms with Gasteiger partial charge in [-0.25, -0.2) is 0 Å². The average Bonchev–Trinajstić information content (AvgIpc) is 2.69. The summed E-state index contributed by atoms with van der Waals surface area (Å²) in [4.78, 5) is 0. The van der Waals surface area contributed by atoms with Gasteiger partial charge >= 0.3 is 0 Å². The van der Waals surface area contributed by atoms with E-state index in [-0.39, 0.29) is 0 Å². The van der Waals surface area contributed by atoms with Crippen LogP contribution in [0.4, 0.5) is 0 Å². The maximum atomic E-state index is 5.56. The molecule has 0 atom stereocenters. The summed E-state index contributed by atoms with van der Waals surface area (Å²) >= 11 is 3.44. The lowest BCUT2D eigenvalue weighted by atomic mass is 10.2. The summed E-state index contributed by atoms with van der Waals surface area (Å²) in [6.07, 6.45) is 1.60. The number of rotatable bonds is 3. The molecule has 0 aliphatic carbocycles. The third kappa shape index (κ3) is 2.59. The molecule has 0 bridgehead atoms. The van der Waals surface area contributed by atoms with Crippen molar-refractivity contribution in [3.63, 3.8) is 0 Å². The summed E-state index contributed by atoms with van der Waals surface area (Å²) in [5, 5.41) is 3.60. The molecule has 0 aliphatic heterocycles. The van der Waals surface area contributed by atoms with Crippen LogP contribution in [-0.2, 0) is 6.61 Å². The Morgan fingerprint density at radius 3 is 2.93 bits per heavy atom. The molecule has 0 amide bonds. The summed E-state index contributed by atoms with van der Waals surface area (Å²) < 4.78 is 11.4. The van der Waals surface area contributed by atoms with Crippen LogP contribution in [0.15, 0.2) is 39.5 Å². The number of ether oxygens (including phenoxy) is 1. The number of aromatic nitrogens is 1. The standard InChI is InChI=1S/C11H10BrNO2/c1-8-2-3-11(10(12)6-8)14-7-9-4-5-13-15-9/h2-6H,7H2,1H3. The number of hydrogen-bond donors (Lipinski definition) is 0. The van der Waals surface area contributed by atoms with Gasteiger partial charge in [-0.1, -0.05) is 11.2 Å². The molecule has 0 radical (unpaired) electrons. The van der Waals surface area contributed by atoms with Crippen LogP contribution >= 0.6 is 15.9 Å². The summed E-state index contributed by atoms with van der Waals surface area (Å²) in [6, 6.07) is 7.72. The fourth-order valence-electron chi connectivity index (χ4n) is 1.19. The van der Waals surface area contributed by atoms with Crippen LogP contribution in [0.2, 0.25) is 0 Å². The molecule has 1 aromatic heterocycles. The lowest BCUT2D eigenvalue weighted by molar-refractivity contribution is 0.248. The molecule has 0 spiro atoms. The minimum absolute atomic E-state index is 0.391. The monoisotopic (exact) mass is 267 g/mol. The molecule has 2 aromatic rings. The molecule has 0 N–H and O–H groups in total. The van der Waals surface area contributed by atoms with Crippen molar-refractivity contribution in [3.05, 3.63) is 46.3 Å². The molecule has 78 valence electrons. The van der Waals surface area contributed by atoms with Crippen LogP contribution in [0, 0.1) is 6.92 Å². The summed E-state index contributed by atoms with van der Waals surface area (Å²) in [5.74, 6) is 1.51. The van der Waals surface area contributed by atoms with Crippen molar-refractivity contribution in [2.45, 2.75) is 13.5 Å². The fourth-order valence-corrected chi connectivity index (χ4v) is 1.80. The van der Waals surface area contributed by atoms with Gasteiger partial charge in [0.1, 0.15) is 12.4 Å². The third-order valence-corrected chi connectivity index (χ3v) is 2.57. The van der Waals surface area contributed by atoms with Crippen molar-refractivity contribution in [1.82, 2.24) is 5.16 Å². The molecule has 0 aliphatic rings. The summed E-state index contributed by atoms with van der Waals surface area (Å²) in [6.45, 7) is 2.42. The van der Waals surface area contributed by atoms with Crippen LogP contribution in [0.1, 0.15) is 11.3 Å². The topological polar surface area (TPSA) is 35.3 Å². The second-order valence-electron chi connectivity index (χ2n) is 3.20. The molecule has 0 saturated carbocycles. The Labute approximate surface area is 96.2 Å². The zero-order valence-corrected chi connectivity index (χ0v) is 9.82. The van der Waals surface area contributed by atoms with E-state index < -0.39 is 0 Å². The molecule has 1 aromatic carbocycles. The molecular weight excluding hydrogens is 258 g/mol. The summed E-state index contributed by atoms with van der Waals surface area (Å²) in [5.41, 5.74) is 1.19. The lowest BCUT2D eigenvalue weighted by Gasteiger charge is -2.06. The number of hydrogen-bond acceptors (Lipinski definition) is 3. The van der Waals surface area contributed by atoms with Crippen molar-refractivity contribution < 1.29 is 9.26 Å². The van der Waals surface area contributed by atoms with Gasteiger partial charge in [0.15, 0.2) is 5.76 Å². The third-order valence-electron chi connectivity index (χ3n) is 1.95. The van der Waals surface area contributed by atoms with Crippen molar-refractivity contribution in [2.75, 3.05) is 0 Å². The van der Waals surface area contributed by atoms with E-state index in [1.54, 1.807) is 12.3 Å². The highest BCUT2D eigenvalue weighted by molar-refractivity contribution is 9.10. The van der Waals surface area contributed by atoms with Crippen LogP contribution in [0.5, 0.6) is 5.75 Å². The van der Waals surface area contributed by atoms with Crippen LogP contribution in [-0.4, -0.2) is 5.16 Å². The Balaban J connectivity index is 2.05. The van der Waals surface area contributed by atoms with Crippen LogP contribution < -0.4 is 4.74 Å². The SMILES string of the molecule is Cc1ccc(OCc2ccno2)c(Br)c1. The number of halogens is 1. The Morgan fingerprint density at radius 1 is 1.40 bits per heavy atom. The van der Waals surface area contributed by atoms with E-state index in [1.165, 1.54) is 5.56 Å². The number of benzene rings is 1. The second-order valence-corrected chi connectivity index (χ2v) is 4.06. The minimum Gasteiger partial charge on any atom is -0.484 e. The zero-order valence-electron chi connectivity index (χ0n) is 8.24. The smallest absolute Gasteiger partial charge is 0.174 e. The molecular formula is C11H10BrNO2. The first-order chi connectivity index (χ1) is 7.25. The predicted molar refractivity (Wildman–Crippen MR) is 59.7 cm³/mol. The number of nitrogens with zero attached hydrogens (tertiary/aromatic N) is 1. The van der Waals surface area contributed by atoms with Gasteiger partial charge in [0, 0.05) is 6.07 Å². The van der Waals surface area contributed by atoms with Crippen molar-refractivity contribution in [2.24, 2.45) is 0 Å². The summed E-state index contributed by atoms with van der Waals surface area (Å²) in [7, 11) is 0. The average molecular weight is 268 g/mol. The van der Waals surface area contributed by atoms with E-state index in [1.807, 2.05) is 25.1 Å². The zero-order chi connectivity index (χ0) is 10.7. The lowest BCUT2D eigenvalue weighted by Crippen LogP contribution is -1.94. The van der Waals surface area contributed by atoms with Gasteiger partial charge in [-0.05, 0) is 40.5 Å².